The summed E-state index contributed by atoms with van der Waals surface area (Å²) in [4.78, 5) is 0. The number of nitrogens with zero attached hydrogens (tertiary/aromatic N) is 1. The van der Waals surface area contributed by atoms with Crippen LogP contribution in [-0.4, -0.2) is 32.7 Å². The van der Waals surface area contributed by atoms with Gasteiger partial charge in [-0.2, -0.15) is 0 Å². The Morgan fingerprint density at radius 1 is 0.833 bits per heavy atom. The van der Waals surface area contributed by atoms with Gasteiger partial charge < -0.3 is 4.48 Å². The van der Waals surface area contributed by atoms with Crippen LogP contribution in [0.15, 0.2) is 0 Å². The number of hydrogen-bond donors (Lipinski definition) is 0. The average molecular weight is 126 g/mol. The molecule has 0 aliphatic heterocycles. The predicted octanol–water partition coefficient (Wildman–Crippen LogP) is 0.320. The zero-order valence-corrected chi connectivity index (χ0v) is 6.13. The third-order valence-corrected chi connectivity index (χ3v) is 0. The van der Waals surface area contributed by atoms with E-state index in [0.29, 0.717) is 0 Å². The molecule has 1 radical (unpaired) electrons. The van der Waals surface area contributed by atoms with Crippen molar-refractivity contribution in [3.63, 3.8) is 0 Å². The molecule has 0 aromatic rings. The van der Waals surface area contributed by atoms with Gasteiger partial charge in [-0.25, -0.2) is 0 Å². The van der Waals surface area contributed by atoms with Crippen molar-refractivity contribution in [1.29, 1.82) is 0 Å². The maximum absolute atomic E-state index is 2.12. The van der Waals surface area contributed by atoms with Crippen LogP contribution in [0.25, 0.3) is 0 Å². The molecule has 0 saturated heterocycles. The Morgan fingerprint density at radius 2 is 0.833 bits per heavy atom. The SMILES string of the molecule is C[N+](C)(C)C.[Cr+3]. The minimum atomic E-state index is 0. The summed E-state index contributed by atoms with van der Waals surface area (Å²) in [6.45, 7) is 0. The summed E-state index contributed by atoms with van der Waals surface area (Å²) in [6.07, 6.45) is 0. The molecule has 0 fully saturated rings. The molecule has 0 spiro atoms. The van der Waals surface area contributed by atoms with Crippen LogP contribution in [0.1, 0.15) is 0 Å². The normalized spacial score (nSPS) is 10.0. The van der Waals surface area contributed by atoms with Crippen LogP contribution in [-0.2, 0) is 17.4 Å². The van der Waals surface area contributed by atoms with Crippen LogP contribution in [0.4, 0.5) is 0 Å². The van der Waals surface area contributed by atoms with Gasteiger partial charge in [-0.15, -0.1) is 0 Å². The molecule has 0 rings (SSSR count). The summed E-state index contributed by atoms with van der Waals surface area (Å²) in [5.74, 6) is 0. The van der Waals surface area contributed by atoms with Crippen LogP contribution in [0.2, 0.25) is 0 Å². The summed E-state index contributed by atoms with van der Waals surface area (Å²) in [7, 11) is 8.50. The van der Waals surface area contributed by atoms with Crippen molar-refractivity contribution in [2.75, 3.05) is 28.2 Å². The van der Waals surface area contributed by atoms with Crippen molar-refractivity contribution in [3.8, 4) is 0 Å². The van der Waals surface area contributed by atoms with Gasteiger partial charge in [-0.05, 0) is 0 Å². The first-order valence-corrected chi connectivity index (χ1v) is 1.79. The Balaban J connectivity index is 0. The Morgan fingerprint density at radius 3 is 0.833 bits per heavy atom. The van der Waals surface area contributed by atoms with Gasteiger partial charge in [0.2, 0.25) is 0 Å². The molecule has 0 N–H and O–H groups in total. The van der Waals surface area contributed by atoms with E-state index in [1.54, 1.807) is 0 Å². The van der Waals surface area contributed by atoms with E-state index in [0.717, 1.165) is 4.48 Å². The summed E-state index contributed by atoms with van der Waals surface area (Å²) >= 11 is 0. The van der Waals surface area contributed by atoms with Gasteiger partial charge in [0.25, 0.3) is 0 Å². The molecule has 0 amide bonds. The van der Waals surface area contributed by atoms with Crippen LogP contribution < -0.4 is 0 Å². The van der Waals surface area contributed by atoms with Crippen LogP contribution in [0, 0.1) is 0 Å². The third kappa shape index (κ3) is 226. The fourth-order valence-electron chi connectivity index (χ4n) is 0. The van der Waals surface area contributed by atoms with Crippen LogP contribution >= 0.6 is 0 Å². The van der Waals surface area contributed by atoms with E-state index in [9.17, 15) is 0 Å². The number of rotatable bonds is 0. The molecular weight excluding hydrogens is 114 g/mol. The standard InChI is InChI=1S/C4H12N.Cr/c1-5(2,3)4;/h1-4H3;/q+1;+3. The first kappa shape index (κ1) is 9.70. The molecule has 0 bridgehead atoms. The second-order valence-electron chi connectivity index (χ2n) is 2.68. The number of quaternary nitrogens is 1. The van der Waals surface area contributed by atoms with Gasteiger partial charge in [0.05, 0.1) is 28.2 Å². The molecule has 1 nitrogen and oxygen atoms in total. The zero-order valence-electron chi connectivity index (χ0n) is 4.86. The molecule has 35 valence electrons. The molecule has 6 heavy (non-hydrogen) atoms. The maximum Gasteiger partial charge on any atom is 3.00 e. The Kier molecular flexibility index (Phi) is 4.25. The first-order valence-electron chi connectivity index (χ1n) is 1.79. The Labute approximate surface area is 50.7 Å². The molecule has 0 aliphatic rings. The van der Waals surface area contributed by atoms with Crippen molar-refractivity contribution in [2.45, 2.75) is 0 Å². The monoisotopic (exact) mass is 126 g/mol. The van der Waals surface area contributed by atoms with Gasteiger partial charge in [0.1, 0.15) is 0 Å². The molecule has 2 heteroatoms. The molecule has 0 aromatic carbocycles. The van der Waals surface area contributed by atoms with Gasteiger partial charge in [0, 0.05) is 0 Å². The Hall–Kier alpha value is 0.492. The largest absolute Gasteiger partial charge is 3.00 e. The molecular formula is C4H12CrN+4. The van der Waals surface area contributed by atoms with Crippen molar-refractivity contribution < 1.29 is 21.8 Å². The predicted molar refractivity (Wildman–Crippen MR) is 24.0 cm³/mol. The van der Waals surface area contributed by atoms with Gasteiger partial charge in [-0.3, -0.25) is 0 Å². The summed E-state index contributed by atoms with van der Waals surface area (Å²) < 4.78 is 1.00. The molecule has 0 heterocycles. The minimum Gasteiger partial charge on any atom is -0.333 e. The van der Waals surface area contributed by atoms with Crippen LogP contribution in [0.3, 0.4) is 0 Å². The zero-order chi connectivity index (χ0) is 4.50. The van der Waals surface area contributed by atoms with E-state index >= 15 is 0 Å². The van der Waals surface area contributed by atoms with E-state index in [-0.39, 0.29) is 17.4 Å². The summed E-state index contributed by atoms with van der Waals surface area (Å²) in [6, 6.07) is 0. The Bertz CT molecular complexity index is 23.0. The van der Waals surface area contributed by atoms with Crippen molar-refractivity contribution in [2.24, 2.45) is 0 Å². The molecule has 0 unspecified atom stereocenters. The fourth-order valence-corrected chi connectivity index (χ4v) is 0. The quantitative estimate of drug-likeness (QED) is 0.410. The first-order chi connectivity index (χ1) is 2.00. The topological polar surface area (TPSA) is 0 Å². The molecule has 0 saturated carbocycles. The second kappa shape index (κ2) is 2.63. The van der Waals surface area contributed by atoms with Gasteiger partial charge in [-0.1, -0.05) is 0 Å². The van der Waals surface area contributed by atoms with Crippen LogP contribution in [0.5, 0.6) is 0 Å². The third-order valence-electron chi connectivity index (χ3n) is 0. The van der Waals surface area contributed by atoms with Crippen molar-refractivity contribution in [3.05, 3.63) is 0 Å². The van der Waals surface area contributed by atoms with E-state index in [4.69, 9.17) is 0 Å². The average Bonchev–Trinajstić information content (AvgIpc) is 0.722. The molecule has 0 aliphatic carbocycles. The molecule has 0 atom stereocenters. The van der Waals surface area contributed by atoms with E-state index in [1.807, 2.05) is 0 Å². The minimum absolute atomic E-state index is 0. The van der Waals surface area contributed by atoms with Crippen molar-refractivity contribution >= 4 is 0 Å². The van der Waals surface area contributed by atoms with Crippen molar-refractivity contribution in [1.82, 2.24) is 0 Å². The van der Waals surface area contributed by atoms with Gasteiger partial charge in [0.15, 0.2) is 0 Å². The molecule has 0 aromatic heterocycles. The smallest absolute Gasteiger partial charge is 0.333 e. The van der Waals surface area contributed by atoms with Gasteiger partial charge >= 0.3 is 17.4 Å². The second-order valence-corrected chi connectivity index (χ2v) is 2.68. The summed E-state index contributed by atoms with van der Waals surface area (Å²) in [5.41, 5.74) is 0. The van der Waals surface area contributed by atoms with E-state index in [2.05, 4.69) is 28.2 Å². The number of hydrogen-bond acceptors (Lipinski definition) is 0. The van der Waals surface area contributed by atoms with E-state index in [1.165, 1.54) is 0 Å². The summed E-state index contributed by atoms with van der Waals surface area (Å²) in [5, 5.41) is 0. The maximum atomic E-state index is 2.12. The fraction of sp³-hybridized carbons (Fsp3) is 1.00. The van der Waals surface area contributed by atoms with E-state index < -0.39 is 0 Å².